The zero-order valence-corrected chi connectivity index (χ0v) is 14.4. The molecule has 0 unspecified atom stereocenters. The number of urea groups is 1. The van der Waals surface area contributed by atoms with Crippen molar-refractivity contribution < 1.29 is 18.7 Å². The summed E-state index contributed by atoms with van der Waals surface area (Å²) in [4.78, 5) is 14.3. The molecule has 1 aromatic rings. The zero-order valence-electron chi connectivity index (χ0n) is 14.4. The maximum absolute atomic E-state index is 12.7. The van der Waals surface area contributed by atoms with Crippen LogP contribution >= 0.6 is 0 Å². The first-order valence-electron chi connectivity index (χ1n) is 8.91. The van der Waals surface area contributed by atoms with Crippen molar-refractivity contribution >= 4 is 6.03 Å². The number of halogens is 2. The average Bonchev–Trinajstić information content (AvgIpc) is 3.21. The molecular weight excluding hydrogens is 330 g/mol. The van der Waals surface area contributed by atoms with Gasteiger partial charge in [-0.1, -0.05) is 0 Å². The van der Waals surface area contributed by atoms with E-state index in [4.69, 9.17) is 0 Å². The molecule has 2 atom stereocenters. The van der Waals surface area contributed by atoms with E-state index in [1.165, 1.54) is 0 Å². The Balaban J connectivity index is 1.54. The molecule has 25 heavy (non-hydrogen) atoms. The molecule has 0 spiro atoms. The molecule has 2 N–H and O–H groups in total. The summed E-state index contributed by atoms with van der Waals surface area (Å²) in [7, 11) is 1.84. The predicted octanol–water partition coefficient (Wildman–Crippen LogP) is 1.96. The van der Waals surface area contributed by atoms with Crippen LogP contribution in [0, 0.1) is 11.8 Å². The largest absolute Gasteiger partial charge is 0.396 e. The first-order valence-corrected chi connectivity index (χ1v) is 8.91. The highest BCUT2D eigenvalue weighted by atomic mass is 19.3. The van der Waals surface area contributed by atoms with Crippen LogP contribution in [0.25, 0.3) is 0 Å². The van der Waals surface area contributed by atoms with Gasteiger partial charge in [0.1, 0.15) is 0 Å². The summed E-state index contributed by atoms with van der Waals surface area (Å²) in [6.07, 6.45) is 3.55. The molecule has 8 heteroatoms. The number of aromatic nitrogens is 2. The smallest absolute Gasteiger partial charge is 0.317 e. The Morgan fingerprint density at radius 1 is 1.36 bits per heavy atom. The number of carbonyl (C=O) groups excluding carboxylic acids is 1. The van der Waals surface area contributed by atoms with Gasteiger partial charge in [0.25, 0.3) is 0 Å². The lowest BCUT2D eigenvalue weighted by Gasteiger charge is -2.30. The molecule has 6 nitrogen and oxygen atoms in total. The van der Waals surface area contributed by atoms with Gasteiger partial charge in [-0.15, -0.1) is 0 Å². The maximum Gasteiger partial charge on any atom is 0.317 e. The molecule has 2 fully saturated rings. The average molecular weight is 356 g/mol. The molecule has 2 heterocycles. The summed E-state index contributed by atoms with van der Waals surface area (Å²) in [6, 6.07) is -0.196. The number of alkyl halides is 2. The van der Waals surface area contributed by atoms with Crippen molar-refractivity contribution in [1.29, 1.82) is 0 Å². The first kappa shape index (κ1) is 18.1. The van der Waals surface area contributed by atoms with Crippen molar-refractivity contribution in [1.82, 2.24) is 20.0 Å². The second-order valence-corrected chi connectivity index (χ2v) is 7.30. The second kappa shape index (κ2) is 7.68. The minimum absolute atomic E-state index is 0.00970. The van der Waals surface area contributed by atoms with Gasteiger partial charge in [0.2, 0.25) is 6.43 Å². The number of aliphatic hydroxyl groups is 1. The van der Waals surface area contributed by atoms with Gasteiger partial charge in [0.15, 0.2) is 0 Å². The van der Waals surface area contributed by atoms with Crippen LogP contribution in [0.1, 0.15) is 37.2 Å². The molecule has 0 aromatic carbocycles. The van der Waals surface area contributed by atoms with Crippen molar-refractivity contribution in [2.75, 3.05) is 19.7 Å². The van der Waals surface area contributed by atoms with Crippen molar-refractivity contribution in [2.24, 2.45) is 18.9 Å². The molecule has 1 aliphatic carbocycles. The Kier molecular flexibility index (Phi) is 5.56. The van der Waals surface area contributed by atoms with Crippen LogP contribution in [0.15, 0.2) is 12.4 Å². The number of amides is 2. The van der Waals surface area contributed by atoms with Crippen molar-refractivity contribution in [3.63, 3.8) is 0 Å². The number of aryl methyl sites for hydroxylation is 1. The minimum atomic E-state index is -2.26. The monoisotopic (exact) mass is 356 g/mol. The molecule has 140 valence electrons. The molecule has 0 radical (unpaired) electrons. The molecule has 0 bridgehead atoms. The molecule has 2 aliphatic rings. The number of likely N-dealkylation sites (tertiary alicyclic amines) is 1. The van der Waals surface area contributed by atoms with Gasteiger partial charge in [-0.3, -0.25) is 4.68 Å². The van der Waals surface area contributed by atoms with E-state index in [9.17, 15) is 18.7 Å². The number of rotatable bonds is 4. The summed E-state index contributed by atoms with van der Waals surface area (Å²) < 4.78 is 27.2. The third kappa shape index (κ3) is 4.11. The fraction of sp³-hybridized carbons (Fsp3) is 0.765. The van der Waals surface area contributed by atoms with E-state index in [0.717, 1.165) is 5.56 Å². The van der Waals surface area contributed by atoms with Gasteiger partial charge in [-0.05, 0) is 31.2 Å². The number of hydrogen-bond acceptors (Lipinski definition) is 3. The first-order chi connectivity index (χ1) is 12.0. The van der Waals surface area contributed by atoms with E-state index < -0.39 is 12.3 Å². The second-order valence-electron chi connectivity index (χ2n) is 7.30. The number of carbonyl (C=O) groups is 1. The van der Waals surface area contributed by atoms with Crippen LogP contribution in [-0.4, -0.2) is 58.0 Å². The van der Waals surface area contributed by atoms with E-state index in [2.05, 4.69) is 10.4 Å². The van der Waals surface area contributed by atoms with E-state index >= 15 is 0 Å². The summed E-state index contributed by atoms with van der Waals surface area (Å²) in [5, 5.41) is 16.8. The molecule has 2 amide bonds. The quantitative estimate of drug-likeness (QED) is 0.866. The standard InChI is InChI=1S/C17H26F2N4O2/c1-22-7-12(6-20-22)15-9-23(8-13(15)10-24)17(25)21-14-4-2-11(3-5-14)16(18)19/h6-7,11,13-16,24H,2-5,8-10H2,1H3,(H,21,25)/t11?,13-,14?,15-/m0/s1. The van der Waals surface area contributed by atoms with Crippen LogP contribution in [-0.2, 0) is 7.05 Å². The summed E-state index contributed by atoms with van der Waals surface area (Å²) in [5.41, 5.74) is 1.02. The van der Waals surface area contributed by atoms with Gasteiger partial charge in [-0.25, -0.2) is 13.6 Å². The van der Waals surface area contributed by atoms with Crippen LogP contribution in [0.3, 0.4) is 0 Å². The van der Waals surface area contributed by atoms with E-state index in [1.807, 2.05) is 13.2 Å². The van der Waals surface area contributed by atoms with Gasteiger partial charge in [-0.2, -0.15) is 5.10 Å². The Labute approximate surface area is 146 Å². The zero-order chi connectivity index (χ0) is 18.0. The highest BCUT2D eigenvalue weighted by molar-refractivity contribution is 5.75. The highest BCUT2D eigenvalue weighted by Gasteiger charge is 2.37. The molecule has 1 aliphatic heterocycles. The lowest BCUT2D eigenvalue weighted by molar-refractivity contribution is 0.0511. The van der Waals surface area contributed by atoms with Crippen LogP contribution in [0.4, 0.5) is 13.6 Å². The molecule has 3 rings (SSSR count). The predicted molar refractivity (Wildman–Crippen MR) is 88.4 cm³/mol. The van der Waals surface area contributed by atoms with Gasteiger partial charge in [0.05, 0.1) is 6.20 Å². The Bertz CT molecular complexity index is 587. The minimum Gasteiger partial charge on any atom is -0.396 e. The summed E-state index contributed by atoms with van der Waals surface area (Å²) in [5.74, 6) is -0.475. The lowest BCUT2D eigenvalue weighted by atomic mass is 9.86. The van der Waals surface area contributed by atoms with Gasteiger partial charge in [0, 0.05) is 56.7 Å². The van der Waals surface area contributed by atoms with E-state index in [-0.39, 0.29) is 30.5 Å². The van der Waals surface area contributed by atoms with E-state index in [1.54, 1.807) is 15.8 Å². The fourth-order valence-electron chi connectivity index (χ4n) is 4.01. The fourth-order valence-corrected chi connectivity index (χ4v) is 4.01. The number of nitrogens with zero attached hydrogens (tertiary/aromatic N) is 3. The Morgan fingerprint density at radius 2 is 2.08 bits per heavy atom. The molecule has 1 aromatic heterocycles. The number of nitrogens with one attached hydrogen (secondary N) is 1. The van der Waals surface area contributed by atoms with Crippen molar-refractivity contribution in [3.05, 3.63) is 18.0 Å². The third-order valence-electron chi connectivity index (χ3n) is 5.57. The van der Waals surface area contributed by atoms with Crippen LogP contribution in [0.2, 0.25) is 0 Å². The van der Waals surface area contributed by atoms with Crippen molar-refractivity contribution in [2.45, 2.75) is 44.1 Å². The normalized spacial score (nSPS) is 30.0. The SMILES string of the molecule is Cn1cc([C@@H]2CN(C(=O)NC3CCC(C(F)F)CC3)C[C@H]2CO)cn1. The summed E-state index contributed by atoms with van der Waals surface area (Å²) >= 11 is 0. The van der Waals surface area contributed by atoms with E-state index in [0.29, 0.717) is 38.8 Å². The summed E-state index contributed by atoms with van der Waals surface area (Å²) in [6.45, 7) is 1.05. The molecule has 1 saturated heterocycles. The number of aliphatic hydroxyl groups excluding tert-OH is 1. The highest BCUT2D eigenvalue weighted by Crippen LogP contribution is 2.33. The third-order valence-corrected chi connectivity index (χ3v) is 5.57. The maximum atomic E-state index is 12.7. The van der Waals surface area contributed by atoms with Crippen LogP contribution in [0.5, 0.6) is 0 Å². The lowest BCUT2D eigenvalue weighted by Crippen LogP contribution is -2.45. The topological polar surface area (TPSA) is 70.4 Å². The van der Waals surface area contributed by atoms with Gasteiger partial charge < -0.3 is 15.3 Å². The molecule has 1 saturated carbocycles. The Morgan fingerprint density at radius 3 is 2.64 bits per heavy atom. The van der Waals surface area contributed by atoms with Crippen molar-refractivity contribution in [3.8, 4) is 0 Å². The van der Waals surface area contributed by atoms with Crippen LogP contribution < -0.4 is 5.32 Å². The number of hydrogen-bond donors (Lipinski definition) is 2. The molecular formula is C17H26F2N4O2. The van der Waals surface area contributed by atoms with Gasteiger partial charge >= 0.3 is 6.03 Å². The Hall–Kier alpha value is -1.70.